The van der Waals surface area contributed by atoms with Crippen LogP contribution >= 0.6 is 24.0 Å². The first-order chi connectivity index (χ1) is 17.8. The van der Waals surface area contributed by atoms with Gasteiger partial charge in [-0.25, -0.2) is 8.78 Å². The highest BCUT2D eigenvalue weighted by Crippen LogP contribution is 2.35. The zero-order valence-corrected chi connectivity index (χ0v) is 21.0. The van der Waals surface area contributed by atoms with Crippen molar-refractivity contribution in [3.05, 3.63) is 100.0 Å². The van der Waals surface area contributed by atoms with Crippen LogP contribution in [0.15, 0.2) is 71.6 Å². The van der Waals surface area contributed by atoms with Crippen molar-refractivity contribution in [2.75, 3.05) is 13.2 Å². The number of thioether (sulfide) groups is 1. The van der Waals surface area contributed by atoms with E-state index < -0.39 is 30.1 Å². The molecule has 1 N–H and O–H groups in total. The molecular formula is C27H21F2NO5S2. The average molecular weight is 542 g/mol. The molecule has 3 aromatic rings. The lowest BCUT2D eigenvalue weighted by molar-refractivity contribution is -0.140. The van der Waals surface area contributed by atoms with E-state index >= 15 is 0 Å². The molecule has 3 aromatic carbocycles. The van der Waals surface area contributed by atoms with Crippen LogP contribution < -0.4 is 9.47 Å². The fourth-order valence-corrected chi connectivity index (χ4v) is 4.76. The largest absolute Gasteiger partial charge is 0.489 e. The molecule has 1 aliphatic rings. The van der Waals surface area contributed by atoms with E-state index in [1.807, 2.05) is 30.3 Å². The Morgan fingerprint density at radius 1 is 1.03 bits per heavy atom. The molecule has 1 saturated heterocycles. The third-order valence-electron chi connectivity index (χ3n) is 5.31. The molecule has 0 aliphatic carbocycles. The summed E-state index contributed by atoms with van der Waals surface area (Å²) in [6, 6.07) is 18.0. The summed E-state index contributed by atoms with van der Waals surface area (Å²) in [7, 11) is 0. The Hall–Kier alpha value is -3.76. The van der Waals surface area contributed by atoms with Crippen molar-refractivity contribution in [1.29, 1.82) is 0 Å². The van der Waals surface area contributed by atoms with Gasteiger partial charge in [-0.05, 0) is 41.0 Å². The average Bonchev–Trinajstić information content (AvgIpc) is 3.12. The molecular weight excluding hydrogens is 520 g/mol. The molecule has 37 heavy (non-hydrogen) atoms. The van der Waals surface area contributed by atoms with Crippen LogP contribution in [-0.2, 0) is 22.6 Å². The summed E-state index contributed by atoms with van der Waals surface area (Å²) in [6.45, 7) is -0.125. The molecule has 10 heteroatoms. The maximum Gasteiger partial charge on any atom is 0.323 e. The number of hydrogen-bond acceptors (Lipinski definition) is 6. The minimum atomic E-state index is -1.16. The second-order valence-corrected chi connectivity index (χ2v) is 9.65. The SMILES string of the molecule is O=C(O)CN1C(=O)/C(=C/c2ccc(OCCc3ccc(F)cc3F)c(OCc3ccccc3)c2)SC1=S. The Kier molecular flexibility index (Phi) is 8.52. The number of rotatable bonds is 10. The van der Waals surface area contributed by atoms with Gasteiger partial charge in [0, 0.05) is 12.5 Å². The molecule has 0 saturated carbocycles. The summed E-state index contributed by atoms with van der Waals surface area (Å²) in [6.07, 6.45) is 1.83. The first kappa shape index (κ1) is 26.3. The third-order valence-corrected chi connectivity index (χ3v) is 6.69. The fraction of sp³-hybridized carbons (Fsp3) is 0.148. The van der Waals surface area contributed by atoms with Gasteiger partial charge in [-0.3, -0.25) is 14.5 Å². The van der Waals surface area contributed by atoms with Crippen LogP contribution in [0.4, 0.5) is 8.78 Å². The maximum atomic E-state index is 14.0. The Bertz CT molecular complexity index is 1360. The van der Waals surface area contributed by atoms with Gasteiger partial charge in [0.25, 0.3) is 5.91 Å². The normalized spacial score (nSPS) is 14.3. The third kappa shape index (κ3) is 6.93. The van der Waals surface area contributed by atoms with Crippen LogP contribution in [0, 0.1) is 11.6 Å². The van der Waals surface area contributed by atoms with Crippen molar-refractivity contribution >= 4 is 46.3 Å². The summed E-state index contributed by atoms with van der Waals surface area (Å²) in [5.74, 6) is -2.11. The number of hydrogen-bond donors (Lipinski definition) is 1. The number of carbonyl (C=O) groups excluding carboxylic acids is 1. The molecule has 0 unspecified atom stereocenters. The molecule has 6 nitrogen and oxygen atoms in total. The van der Waals surface area contributed by atoms with Gasteiger partial charge in [-0.2, -0.15) is 0 Å². The van der Waals surface area contributed by atoms with Crippen molar-refractivity contribution in [3.63, 3.8) is 0 Å². The number of halogens is 2. The molecule has 1 fully saturated rings. The van der Waals surface area contributed by atoms with Crippen LogP contribution in [0.25, 0.3) is 6.08 Å². The maximum absolute atomic E-state index is 14.0. The van der Waals surface area contributed by atoms with E-state index in [0.29, 0.717) is 27.5 Å². The highest BCUT2D eigenvalue weighted by atomic mass is 32.2. The highest BCUT2D eigenvalue weighted by molar-refractivity contribution is 8.26. The summed E-state index contributed by atoms with van der Waals surface area (Å²) in [4.78, 5) is 25.0. The van der Waals surface area contributed by atoms with E-state index in [9.17, 15) is 18.4 Å². The van der Waals surface area contributed by atoms with Gasteiger partial charge in [0.05, 0.1) is 11.5 Å². The van der Waals surface area contributed by atoms with Crippen molar-refractivity contribution in [1.82, 2.24) is 4.90 Å². The quantitative estimate of drug-likeness (QED) is 0.270. The molecule has 1 amide bonds. The zero-order valence-electron chi connectivity index (χ0n) is 19.4. The minimum absolute atomic E-state index is 0.122. The predicted molar refractivity (Wildman–Crippen MR) is 140 cm³/mol. The molecule has 0 atom stereocenters. The monoisotopic (exact) mass is 541 g/mol. The summed E-state index contributed by atoms with van der Waals surface area (Å²) in [5.41, 5.74) is 1.88. The molecule has 4 rings (SSSR count). The van der Waals surface area contributed by atoms with Crippen molar-refractivity contribution in [3.8, 4) is 11.5 Å². The van der Waals surface area contributed by atoms with Crippen LogP contribution in [0.5, 0.6) is 11.5 Å². The van der Waals surface area contributed by atoms with E-state index in [1.54, 1.807) is 24.3 Å². The molecule has 190 valence electrons. The number of carbonyl (C=O) groups is 2. The van der Waals surface area contributed by atoms with Gasteiger partial charge >= 0.3 is 5.97 Å². The van der Waals surface area contributed by atoms with Gasteiger partial charge in [0.1, 0.15) is 29.1 Å². The van der Waals surface area contributed by atoms with Crippen molar-refractivity contribution < 1.29 is 33.0 Å². The van der Waals surface area contributed by atoms with Crippen molar-refractivity contribution in [2.45, 2.75) is 13.0 Å². The fourth-order valence-electron chi connectivity index (χ4n) is 3.50. The summed E-state index contributed by atoms with van der Waals surface area (Å²) >= 11 is 6.17. The van der Waals surface area contributed by atoms with E-state index in [-0.39, 0.29) is 24.0 Å². The number of ether oxygens (including phenoxy) is 2. The van der Waals surface area contributed by atoms with Gasteiger partial charge in [0.15, 0.2) is 11.5 Å². The van der Waals surface area contributed by atoms with E-state index in [4.69, 9.17) is 26.8 Å². The topological polar surface area (TPSA) is 76.1 Å². The van der Waals surface area contributed by atoms with E-state index in [0.717, 1.165) is 28.3 Å². The number of benzene rings is 3. The molecule has 1 aliphatic heterocycles. The Balaban J connectivity index is 1.53. The smallest absolute Gasteiger partial charge is 0.323 e. The lowest BCUT2D eigenvalue weighted by Crippen LogP contribution is -2.33. The number of amides is 1. The lowest BCUT2D eigenvalue weighted by atomic mass is 10.1. The lowest BCUT2D eigenvalue weighted by Gasteiger charge is -2.14. The Morgan fingerprint density at radius 3 is 2.54 bits per heavy atom. The van der Waals surface area contributed by atoms with Crippen LogP contribution in [-0.4, -0.2) is 39.4 Å². The second-order valence-electron chi connectivity index (χ2n) is 7.98. The van der Waals surface area contributed by atoms with Gasteiger partial charge in [-0.15, -0.1) is 0 Å². The van der Waals surface area contributed by atoms with Gasteiger partial charge < -0.3 is 14.6 Å². The van der Waals surface area contributed by atoms with Crippen LogP contribution in [0.3, 0.4) is 0 Å². The van der Waals surface area contributed by atoms with E-state index in [1.165, 1.54) is 12.1 Å². The minimum Gasteiger partial charge on any atom is -0.489 e. The molecule has 0 bridgehead atoms. The molecule has 0 aromatic heterocycles. The summed E-state index contributed by atoms with van der Waals surface area (Å²) in [5, 5.41) is 9.03. The first-order valence-electron chi connectivity index (χ1n) is 11.1. The molecule has 0 radical (unpaired) electrons. The highest BCUT2D eigenvalue weighted by Gasteiger charge is 2.33. The molecule has 1 heterocycles. The first-order valence-corrected chi connectivity index (χ1v) is 12.4. The van der Waals surface area contributed by atoms with Crippen LogP contribution in [0.2, 0.25) is 0 Å². The van der Waals surface area contributed by atoms with Crippen molar-refractivity contribution in [2.24, 2.45) is 0 Å². The number of carboxylic acids is 1. The Labute approximate surface area is 221 Å². The van der Waals surface area contributed by atoms with Crippen LogP contribution in [0.1, 0.15) is 16.7 Å². The zero-order chi connectivity index (χ0) is 26.4. The number of nitrogens with zero attached hydrogens (tertiary/aromatic N) is 1. The summed E-state index contributed by atoms with van der Waals surface area (Å²) < 4.78 is 39.2. The molecule has 0 spiro atoms. The number of thiocarbonyl (C=S) groups is 1. The van der Waals surface area contributed by atoms with Gasteiger partial charge in [-0.1, -0.05) is 66.4 Å². The number of aliphatic carboxylic acids is 1. The van der Waals surface area contributed by atoms with Gasteiger partial charge in [0.2, 0.25) is 0 Å². The number of carboxylic acid groups (broad SMARTS) is 1. The second kappa shape index (κ2) is 12.0. The Morgan fingerprint density at radius 2 is 1.81 bits per heavy atom. The predicted octanol–water partition coefficient (Wildman–Crippen LogP) is 5.45. The van der Waals surface area contributed by atoms with E-state index in [2.05, 4.69) is 0 Å². The standard InChI is InChI=1S/C27H21F2NO5S2/c28-20-8-7-19(21(29)14-20)10-11-34-22-9-6-18(12-23(22)35-16-17-4-2-1-3-5-17)13-24-26(33)30(15-25(31)32)27(36)37-24/h1-9,12-14H,10-11,15-16H2,(H,31,32)/b24-13-.